The Morgan fingerprint density at radius 3 is 2.65 bits per heavy atom. The zero-order chi connectivity index (χ0) is 12.4. The van der Waals surface area contributed by atoms with Crippen LogP contribution in [0.5, 0.6) is 0 Å². The highest BCUT2D eigenvalue weighted by Gasteiger charge is 2.14. The van der Waals surface area contributed by atoms with Crippen LogP contribution in [0.1, 0.15) is 10.4 Å². The smallest absolute Gasteiger partial charge is 0.194 e. The molecule has 90 valence electrons. The van der Waals surface area contributed by atoms with Crippen molar-refractivity contribution in [1.82, 2.24) is 4.98 Å². The van der Waals surface area contributed by atoms with Crippen LogP contribution in [0.25, 0.3) is 0 Å². The lowest BCUT2D eigenvalue weighted by Crippen LogP contribution is -1.97. The van der Waals surface area contributed by atoms with E-state index in [1.807, 2.05) is 0 Å². The second-order valence-electron chi connectivity index (χ2n) is 3.39. The van der Waals surface area contributed by atoms with Gasteiger partial charge in [-0.3, -0.25) is 0 Å². The molecule has 1 N–H and O–H groups in total. The second-order valence-corrected chi connectivity index (χ2v) is 4.51. The van der Waals surface area contributed by atoms with Gasteiger partial charge in [0, 0.05) is 24.5 Å². The van der Waals surface area contributed by atoms with Crippen LogP contribution in [0, 0.1) is 17.5 Å². The Balaban J connectivity index is 2.27. The van der Waals surface area contributed by atoms with Gasteiger partial charge in [-0.25, -0.2) is 18.2 Å². The molecule has 17 heavy (non-hydrogen) atoms. The Bertz CT molecular complexity index is 540. The van der Waals surface area contributed by atoms with Crippen molar-refractivity contribution in [3.05, 3.63) is 46.2 Å². The Morgan fingerprint density at radius 1 is 1.24 bits per heavy atom. The molecule has 0 atom stereocenters. The molecule has 0 fully saturated rings. The van der Waals surface area contributed by atoms with Crippen molar-refractivity contribution >= 4 is 16.5 Å². The normalized spacial score (nSPS) is 10.6. The maximum absolute atomic E-state index is 13.4. The molecule has 6 heteroatoms. The van der Waals surface area contributed by atoms with Gasteiger partial charge in [-0.15, -0.1) is 11.3 Å². The van der Waals surface area contributed by atoms with E-state index in [1.165, 1.54) is 17.4 Å². The maximum Gasteiger partial charge on any atom is 0.194 e. The molecule has 0 unspecified atom stereocenters. The molecule has 0 aliphatic carbocycles. The van der Waals surface area contributed by atoms with Gasteiger partial charge >= 0.3 is 0 Å². The number of halogens is 3. The Labute approximate surface area is 100 Å². The minimum Gasteiger partial charge on any atom is -0.365 e. The summed E-state index contributed by atoms with van der Waals surface area (Å²) >= 11 is 1.34. The topological polar surface area (TPSA) is 24.9 Å². The summed E-state index contributed by atoms with van der Waals surface area (Å²) in [5.41, 5.74) is 0.121. The lowest BCUT2D eigenvalue weighted by Gasteiger charge is -2.02. The van der Waals surface area contributed by atoms with Crippen molar-refractivity contribution in [1.29, 1.82) is 0 Å². The molecule has 0 aliphatic rings. The highest BCUT2D eigenvalue weighted by atomic mass is 32.1. The minimum absolute atomic E-state index is 0.121. The molecule has 2 aromatic rings. The number of hydrogen-bond acceptors (Lipinski definition) is 3. The summed E-state index contributed by atoms with van der Waals surface area (Å²) in [6.45, 7) is 0. The van der Waals surface area contributed by atoms with Crippen LogP contribution in [0.3, 0.4) is 0 Å². The molecule has 0 radical (unpaired) electrons. The van der Waals surface area contributed by atoms with Gasteiger partial charge in [0.1, 0.15) is 0 Å². The zero-order valence-electron chi connectivity index (χ0n) is 8.93. The quantitative estimate of drug-likeness (QED) is 0.855. The van der Waals surface area contributed by atoms with E-state index in [0.29, 0.717) is 5.13 Å². The fourth-order valence-electron chi connectivity index (χ4n) is 1.39. The van der Waals surface area contributed by atoms with Crippen LogP contribution in [-0.4, -0.2) is 12.0 Å². The van der Waals surface area contributed by atoms with Crippen molar-refractivity contribution < 1.29 is 13.2 Å². The Morgan fingerprint density at radius 2 is 2.00 bits per heavy atom. The number of nitrogens with one attached hydrogen (secondary N) is 1. The monoisotopic (exact) mass is 258 g/mol. The fraction of sp³-hybridized carbons (Fsp3) is 0.182. The van der Waals surface area contributed by atoms with E-state index in [-0.39, 0.29) is 12.0 Å². The zero-order valence-corrected chi connectivity index (χ0v) is 9.75. The van der Waals surface area contributed by atoms with Crippen molar-refractivity contribution in [2.75, 3.05) is 12.4 Å². The molecule has 0 saturated carbocycles. The van der Waals surface area contributed by atoms with Crippen LogP contribution in [0.2, 0.25) is 0 Å². The van der Waals surface area contributed by atoms with Crippen LogP contribution in [0.15, 0.2) is 18.3 Å². The third kappa shape index (κ3) is 2.41. The first kappa shape index (κ1) is 11.9. The predicted octanol–water partition coefficient (Wildman–Crippen LogP) is 3.19. The number of hydrogen-bond donors (Lipinski definition) is 1. The summed E-state index contributed by atoms with van der Waals surface area (Å²) in [6.07, 6.45) is 1.78. The van der Waals surface area contributed by atoms with Gasteiger partial charge < -0.3 is 5.32 Å². The molecule has 0 amide bonds. The number of anilines is 1. The summed E-state index contributed by atoms with van der Waals surface area (Å²) < 4.78 is 39.1. The van der Waals surface area contributed by atoms with E-state index in [4.69, 9.17) is 0 Å². The average Bonchev–Trinajstić information content (AvgIpc) is 2.78. The van der Waals surface area contributed by atoms with E-state index in [1.54, 1.807) is 13.2 Å². The molecule has 0 saturated heterocycles. The van der Waals surface area contributed by atoms with E-state index >= 15 is 0 Å². The van der Waals surface area contributed by atoms with E-state index < -0.39 is 17.5 Å². The Kier molecular flexibility index (Phi) is 3.33. The molecular formula is C11H9F3N2S. The van der Waals surface area contributed by atoms with Crippen LogP contribution < -0.4 is 5.32 Å². The molecule has 1 heterocycles. The van der Waals surface area contributed by atoms with Gasteiger partial charge in [0.25, 0.3) is 0 Å². The highest BCUT2D eigenvalue weighted by Crippen LogP contribution is 2.23. The molecule has 0 bridgehead atoms. The van der Waals surface area contributed by atoms with Gasteiger partial charge in [-0.05, 0) is 11.6 Å². The largest absolute Gasteiger partial charge is 0.365 e. The fourth-order valence-corrected chi connectivity index (χ4v) is 2.18. The first-order valence-corrected chi connectivity index (χ1v) is 5.68. The second kappa shape index (κ2) is 4.75. The van der Waals surface area contributed by atoms with Crippen molar-refractivity contribution in [2.24, 2.45) is 0 Å². The molecule has 1 aromatic carbocycles. The summed E-state index contributed by atoms with van der Waals surface area (Å²) in [7, 11) is 1.72. The highest BCUT2D eigenvalue weighted by molar-refractivity contribution is 7.15. The van der Waals surface area contributed by atoms with E-state index in [9.17, 15) is 13.2 Å². The number of aromatic nitrogens is 1. The third-order valence-electron chi connectivity index (χ3n) is 2.25. The molecular weight excluding hydrogens is 249 g/mol. The van der Waals surface area contributed by atoms with Crippen molar-refractivity contribution in [3.63, 3.8) is 0 Å². The molecule has 2 rings (SSSR count). The van der Waals surface area contributed by atoms with E-state index in [0.717, 1.165) is 10.9 Å². The molecule has 1 aromatic heterocycles. The number of rotatable bonds is 3. The Hall–Kier alpha value is -1.56. The van der Waals surface area contributed by atoms with Gasteiger partial charge in [-0.2, -0.15) is 0 Å². The summed E-state index contributed by atoms with van der Waals surface area (Å²) in [6, 6.07) is 2.17. The summed E-state index contributed by atoms with van der Waals surface area (Å²) in [5, 5.41) is 3.55. The predicted molar refractivity (Wildman–Crippen MR) is 60.8 cm³/mol. The minimum atomic E-state index is -1.43. The standard InChI is InChI=1S/C11H9F3N2S/c1-15-11-16-5-7(17-11)4-6-2-3-8(12)10(14)9(6)13/h2-3,5H,4H2,1H3,(H,15,16). The van der Waals surface area contributed by atoms with Gasteiger partial charge in [-0.1, -0.05) is 6.07 Å². The van der Waals surface area contributed by atoms with Crippen molar-refractivity contribution in [2.45, 2.75) is 6.42 Å². The SMILES string of the molecule is CNc1ncc(Cc2ccc(F)c(F)c2F)s1. The van der Waals surface area contributed by atoms with Gasteiger partial charge in [0.2, 0.25) is 0 Å². The summed E-state index contributed by atoms with van der Waals surface area (Å²) in [4.78, 5) is 4.79. The van der Waals surface area contributed by atoms with Gasteiger partial charge in [0.15, 0.2) is 22.6 Å². The lowest BCUT2D eigenvalue weighted by molar-refractivity contribution is 0.442. The van der Waals surface area contributed by atoms with Crippen LogP contribution in [0.4, 0.5) is 18.3 Å². The number of benzene rings is 1. The van der Waals surface area contributed by atoms with Crippen LogP contribution in [-0.2, 0) is 6.42 Å². The van der Waals surface area contributed by atoms with E-state index in [2.05, 4.69) is 10.3 Å². The first-order chi connectivity index (χ1) is 8.11. The first-order valence-electron chi connectivity index (χ1n) is 4.86. The van der Waals surface area contributed by atoms with Crippen LogP contribution >= 0.6 is 11.3 Å². The average molecular weight is 258 g/mol. The lowest BCUT2D eigenvalue weighted by atomic mass is 10.1. The molecule has 2 nitrogen and oxygen atoms in total. The van der Waals surface area contributed by atoms with Gasteiger partial charge in [0.05, 0.1) is 0 Å². The number of thiazole rings is 1. The summed E-state index contributed by atoms with van der Waals surface area (Å²) in [5.74, 6) is -3.74. The third-order valence-corrected chi connectivity index (χ3v) is 3.26. The molecule has 0 spiro atoms. The van der Waals surface area contributed by atoms with Crippen molar-refractivity contribution in [3.8, 4) is 0 Å². The molecule has 0 aliphatic heterocycles. The maximum atomic E-state index is 13.4. The number of nitrogens with zero attached hydrogens (tertiary/aromatic N) is 1.